The molecule has 0 radical (unpaired) electrons. The van der Waals surface area contributed by atoms with E-state index in [-0.39, 0.29) is 5.41 Å². The summed E-state index contributed by atoms with van der Waals surface area (Å²) in [6.45, 7) is 6.98. The van der Waals surface area contributed by atoms with Crippen LogP contribution in [-0.2, 0) is 18.6 Å². The maximum absolute atomic E-state index is 12.2. The van der Waals surface area contributed by atoms with Crippen LogP contribution >= 0.6 is 0 Å². The third kappa shape index (κ3) is 5.83. The molecular formula is C22H26N4O3. The molecule has 0 bridgehead atoms. The van der Waals surface area contributed by atoms with E-state index in [2.05, 4.69) is 15.8 Å². The van der Waals surface area contributed by atoms with Gasteiger partial charge in [0.1, 0.15) is 18.1 Å². The Morgan fingerprint density at radius 1 is 1.07 bits per heavy atom. The van der Waals surface area contributed by atoms with Crippen LogP contribution < -0.4 is 21.1 Å². The highest BCUT2D eigenvalue weighted by molar-refractivity contribution is 5.99. The first-order valence-corrected chi connectivity index (χ1v) is 9.39. The number of nitrogens with one attached hydrogen (secondary N) is 2. The average Bonchev–Trinajstić information content (AvgIpc) is 3.16. The molecule has 3 rings (SSSR count). The van der Waals surface area contributed by atoms with Crippen LogP contribution in [-0.4, -0.2) is 11.2 Å². The maximum atomic E-state index is 12.2. The van der Waals surface area contributed by atoms with Gasteiger partial charge in [0.15, 0.2) is 5.82 Å². The fourth-order valence-electron chi connectivity index (χ4n) is 2.61. The van der Waals surface area contributed by atoms with E-state index in [0.29, 0.717) is 36.2 Å². The molecule has 0 atom stereocenters. The van der Waals surface area contributed by atoms with Crippen LogP contribution in [0.3, 0.4) is 0 Å². The molecule has 29 heavy (non-hydrogen) atoms. The Balaban J connectivity index is 1.52. The molecule has 3 aromatic rings. The highest BCUT2D eigenvalue weighted by Gasteiger charge is 2.20. The summed E-state index contributed by atoms with van der Waals surface area (Å²) in [5, 5.41) is 9.28. The molecule has 0 saturated heterocycles. The summed E-state index contributed by atoms with van der Waals surface area (Å²) in [7, 11) is 0. The highest BCUT2D eigenvalue weighted by Crippen LogP contribution is 2.24. The van der Waals surface area contributed by atoms with Crippen molar-refractivity contribution in [3.05, 3.63) is 71.5 Å². The van der Waals surface area contributed by atoms with Crippen LogP contribution in [0.4, 0.5) is 16.3 Å². The highest BCUT2D eigenvalue weighted by atomic mass is 16.5. The lowest BCUT2D eigenvalue weighted by molar-refractivity contribution is 0.262. The number of carbonyl (C=O) groups is 1. The molecule has 0 aliphatic heterocycles. The number of rotatable bonds is 6. The molecule has 0 aliphatic carbocycles. The van der Waals surface area contributed by atoms with Gasteiger partial charge in [-0.05, 0) is 35.4 Å². The zero-order chi connectivity index (χ0) is 20.9. The van der Waals surface area contributed by atoms with Crippen LogP contribution in [0.5, 0.6) is 5.75 Å². The van der Waals surface area contributed by atoms with Gasteiger partial charge in [-0.3, -0.25) is 5.32 Å². The van der Waals surface area contributed by atoms with E-state index in [1.807, 2.05) is 45.0 Å². The number of nitrogens with two attached hydrogens (primary N) is 1. The van der Waals surface area contributed by atoms with Crippen molar-refractivity contribution in [1.29, 1.82) is 0 Å². The fraction of sp³-hybridized carbons (Fsp3) is 0.273. The number of urea groups is 1. The number of hydrogen-bond donors (Lipinski definition) is 3. The van der Waals surface area contributed by atoms with Crippen molar-refractivity contribution in [2.24, 2.45) is 5.73 Å². The molecule has 0 spiro atoms. The lowest BCUT2D eigenvalue weighted by Crippen LogP contribution is -2.19. The van der Waals surface area contributed by atoms with Crippen molar-refractivity contribution >= 4 is 17.5 Å². The first-order chi connectivity index (χ1) is 13.8. The normalized spacial score (nSPS) is 11.2. The summed E-state index contributed by atoms with van der Waals surface area (Å²) < 4.78 is 11.0. The van der Waals surface area contributed by atoms with Gasteiger partial charge in [0.05, 0.1) is 0 Å². The molecular weight excluding hydrogens is 368 g/mol. The predicted octanol–water partition coefficient (Wildman–Crippen LogP) is 4.65. The second kappa shape index (κ2) is 8.79. The number of carbonyl (C=O) groups excluding carboxylic acids is 1. The van der Waals surface area contributed by atoms with Crippen LogP contribution in [0.15, 0.2) is 59.1 Å². The van der Waals surface area contributed by atoms with Gasteiger partial charge < -0.3 is 20.3 Å². The van der Waals surface area contributed by atoms with E-state index < -0.39 is 6.03 Å². The molecule has 2 aromatic carbocycles. The molecule has 1 heterocycles. The number of ether oxygens (including phenoxy) is 1. The smallest absolute Gasteiger partial charge is 0.324 e. The zero-order valence-corrected chi connectivity index (χ0v) is 16.9. The third-order valence-corrected chi connectivity index (χ3v) is 4.24. The number of anilines is 2. The van der Waals surface area contributed by atoms with E-state index in [1.165, 1.54) is 0 Å². The Bertz CT molecular complexity index is 959. The first kappa shape index (κ1) is 20.4. The third-order valence-electron chi connectivity index (χ3n) is 4.24. The van der Waals surface area contributed by atoms with Crippen molar-refractivity contribution < 1.29 is 14.1 Å². The molecule has 0 unspecified atom stereocenters. The molecule has 152 valence electrons. The Morgan fingerprint density at radius 2 is 1.79 bits per heavy atom. The minimum Gasteiger partial charge on any atom is -0.489 e. The van der Waals surface area contributed by atoms with E-state index in [4.69, 9.17) is 15.0 Å². The zero-order valence-electron chi connectivity index (χ0n) is 16.9. The maximum Gasteiger partial charge on any atom is 0.324 e. The minimum absolute atomic E-state index is 0.176. The Kier molecular flexibility index (Phi) is 6.19. The van der Waals surface area contributed by atoms with Crippen LogP contribution in [0.1, 0.15) is 37.7 Å². The topological polar surface area (TPSA) is 102 Å². The summed E-state index contributed by atoms with van der Waals surface area (Å²) in [6, 6.07) is 16.4. The molecule has 1 aromatic heterocycles. The standard InChI is InChI=1S/C22H26N4O3/c1-22(2,3)19-12-20(26-29-19)25-21(27)24-17-7-9-18(10-8-17)28-14-16-6-4-5-15(11-16)13-23/h4-12H,13-14,23H2,1-3H3,(H2,24,25,26,27). The summed E-state index contributed by atoms with van der Waals surface area (Å²) in [4.78, 5) is 12.2. The predicted molar refractivity (Wildman–Crippen MR) is 113 cm³/mol. The van der Waals surface area contributed by atoms with Gasteiger partial charge in [-0.1, -0.05) is 50.2 Å². The van der Waals surface area contributed by atoms with Crippen molar-refractivity contribution in [2.75, 3.05) is 10.6 Å². The Labute approximate surface area is 170 Å². The summed E-state index contributed by atoms with van der Waals surface area (Å²) >= 11 is 0. The van der Waals surface area contributed by atoms with Crippen molar-refractivity contribution in [3.8, 4) is 5.75 Å². The molecule has 0 saturated carbocycles. The van der Waals surface area contributed by atoms with Gasteiger partial charge in [-0.2, -0.15) is 0 Å². The molecule has 7 heteroatoms. The minimum atomic E-state index is -0.397. The monoisotopic (exact) mass is 394 g/mol. The first-order valence-electron chi connectivity index (χ1n) is 9.39. The van der Waals surface area contributed by atoms with Gasteiger partial charge in [0.2, 0.25) is 0 Å². The fourth-order valence-corrected chi connectivity index (χ4v) is 2.61. The second-order valence-electron chi connectivity index (χ2n) is 7.74. The lowest BCUT2D eigenvalue weighted by Gasteiger charge is -2.12. The van der Waals surface area contributed by atoms with E-state index in [1.54, 1.807) is 30.3 Å². The number of benzene rings is 2. The number of amides is 2. The number of hydrogen-bond acceptors (Lipinski definition) is 5. The van der Waals surface area contributed by atoms with Gasteiger partial charge in [0.25, 0.3) is 0 Å². The van der Waals surface area contributed by atoms with Gasteiger partial charge >= 0.3 is 6.03 Å². The molecule has 2 amide bonds. The van der Waals surface area contributed by atoms with Gasteiger partial charge in [0, 0.05) is 23.7 Å². The van der Waals surface area contributed by atoms with Gasteiger partial charge in [-0.25, -0.2) is 4.79 Å². The van der Waals surface area contributed by atoms with E-state index >= 15 is 0 Å². The molecule has 4 N–H and O–H groups in total. The number of aromatic nitrogens is 1. The van der Waals surface area contributed by atoms with E-state index in [9.17, 15) is 4.79 Å². The molecule has 0 aliphatic rings. The van der Waals surface area contributed by atoms with Crippen LogP contribution in [0, 0.1) is 0 Å². The Morgan fingerprint density at radius 3 is 2.45 bits per heavy atom. The molecule has 0 fully saturated rings. The second-order valence-corrected chi connectivity index (χ2v) is 7.74. The molecule has 7 nitrogen and oxygen atoms in total. The van der Waals surface area contributed by atoms with E-state index in [0.717, 1.165) is 11.1 Å². The van der Waals surface area contributed by atoms with Crippen molar-refractivity contribution in [2.45, 2.75) is 39.3 Å². The summed E-state index contributed by atoms with van der Waals surface area (Å²) in [5.74, 6) is 1.78. The van der Waals surface area contributed by atoms with Crippen LogP contribution in [0.2, 0.25) is 0 Å². The summed E-state index contributed by atoms with van der Waals surface area (Å²) in [5.41, 5.74) is 8.24. The Hall–Kier alpha value is -3.32. The quantitative estimate of drug-likeness (QED) is 0.564. The largest absolute Gasteiger partial charge is 0.489 e. The summed E-state index contributed by atoms with van der Waals surface area (Å²) in [6.07, 6.45) is 0. The van der Waals surface area contributed by atoms with Crippen molar-refractivity contribution in [3.63, 3.8) is 0 Å². The van der Waals surface area contributed by atoms with Gasteiger partial charge in [-0.15, -0.1) is 0 Å². The SMILES string of the molecule is CC(C)(C)c1cc(NC(=O)Nc2ccc(OCc3cccc(CN)c3)cc2)no1. The van der Waals surface area contributed by atoms with Crippen molar-refractivity contribution in [1.82, 2.24) is 5.16 Å². The van der Waals surface area contributed by atoms with Crippen LogP contribution in [0.25, 0.3) is 0 Å². The average molecular weight is 394 g/mol. The lowest BCUT2D eigenvalue weighted by atomic mass is 9.93. The number of nitrogens with zero attached hydrogens (tertiary/aromatic N) is 1.